The quantitative estimate of drug-likeness (QED) is 0.688. The van der Waals surface area contributed by atoms with Crippen molar-refractivity contribution in [3.8, 4) is 0 Å². The third kappa shape index (κ3) is 2.32. The van der Waals surface area contributed by atoms with Gasteiger partial charge in [-0.3, -0.25) is 4.79 Å². The average molecular weight is 289 g/mol. The van der Waals surface area contributed by atoms with Crippen LogP contribution in [0.15, 0.2) is 48.0 Å². The van der Waals surface area contributed by atoms with Crippen molar-refractivity contribution < 1.29 is 4.79 Å². The van der Waals surface area contributed by atoms with Gasteiger partial charge in [-0.15, -0.1) is 0 Å². The molecule has 0 saturated carbocycles. The van der Waals surface area contributed by atoms with Gasteiger partial charge in [0, 0.05) is 27.6 Å². The maximum atomic E-state index is 12.2. The Morgan fingerprint density at radius 3 is 2.58 bits per heavy atom. The van der Waals surface area contributed by atoms with Gasteiger partial charge in [-0.1, -0.05) is 53.5 Å². The minimum absolute atomic E-state index is 0.0848. The molecule has 0 aromatic heterocycles. The van der Waals surface area contributed by atoms with E-state index in [1.807, 2.05) is 36.4 Å². The number of Topliss-reactive ketones (excluding diaryl/α,β-unsaturated/α-hetero) is 1. The lowest BCUT2D eigenvalue weighted by Gasteiger charge is -2.00. The zero-order valence-corrected chi connectivity index (χ0v) is 11.5. The van der Waals surface area contributed by atoms with Crippen LogP contribution < -0.4 is 0 Å². The average Bonchev–Trinajstić information content (AvgIpc) is 2.70. The van der Waals surface area contributed by atoms with Gasteiger partial charge in [0.25, 0.3) is 0 Å². The number of fused-ring (bicyclic) bond motifs is 1. The molecule has 3 heteroatoms. The molecule has 0 spiro atoms. The van der Waals surface area contributed by atoms with Crippen LogP contribution in [0.3, 0.4) is 0 Å². The van der Waals surface area contributed by atoms with Crippen LogP contribution in [-0.4, -0.2) is 5.78 Å². The lowest BCUT2D eigenvalue weighted by molar-refractivity contribution is 0.104. The van der Waals surface area contributed by atoms with Crippen LogP contribution in [0, 0.1) is 0 Å². The van der Waals surface area contributed by atoms with Crippen molar-refractivity contribution in [3.05, 3.63) is 74.8 Å². The third-order valence-electron chi connectivity index (χ3n) is 3.23. The SMILES string of the molecule is O=C1/C(=C/c2ccc(Cl)cc2Cl)Cc2ccccc21. The fraction of sp³-hybridized carbons (Fsp3) is 0.0625. The molecule has 0 N–H and O–H groups in total. The highest BCUT2D eigenvalue weighted by Crippen LogP contribution is 2.30. The molecule has 1 aliphatic carbocycles. The van der Waals surface area contributed by atoms with E-state index in [-0.39, 0.29) is 5.78 Å². The topological polar surface area (TPSA) is 17.1 Å². The molecule has 1 nitrogen and oxygen atoms in total. The number of ketones is 1. The van der Waals surface area contributed by atoms with Crippen molar-refractivity contribution in [2.24, 2.45) is 0 Å². The van der Waals surface area contributed by atoms with E-state index >= 15 is 0 Å². The first-order chi connectivity index (χ1) is 9.15. The molecule has 0 heterocycles. The first-order valence-corrected chi connectivity index (χ1v) is 6.69. The van der Waals surface area contributed by atoms with Gasteiger partial charge in [0.05, 0.1) is 0 Å². The second kappa shape index (κ2) is 4.84. The normalized spacial score (nSPS) is 15.9. The predicted molar refractivity (Wildman–Crippen MR) is 78.9 cm³/mol. The Bertz CT molecular complexity index is 702. The first kappa shape index (κ1) is 12.5. The summed E-state index contributed by atoms with van der Waals surface area (Å²) in [6.07, 6.45) is 2.51. The van der Waals surface area contributed by atoms with Gasteiger partial charge < -0.3 is 0 Å². The van der Waals surface area contributed by atoms with Gasteiger partial charge >= 0.3 is 0 Å². The highest BCUT2D eigenvalue weighted by atomic mass is 35.5. The maximum Gasteiger partial charge on any atom is 0.189 e. The van der Waals surface area contributed by atoms with Crippen molar-refractivity contribution in [2.45, 2.75) is 6.42 Å². The number of hydrogen-bond acceptors (Lipinski definition) is 1. The van der Waals surface area contributed by atoms with E-state index in [2.05, 4.69) is 0 Å². The Morgan fingerprint density at radius 2 is 1.84 bits per heavy atom. The second-order valence-corrected chi connectivity index (χ2v) is 5.34. The summed E-state index contributed by atoms with van der Waals surface area (Å²) < 4.78 is 0. The zero-order valence-electron chi connectivity index (χ0n) is 9.99. The Morgan fingerprint density at radius 1 is 1.05 bits per heavy atom. The predicted octanol–water partition coefficient (Wildman–Crippen LogP) is 4.82. The van der Waals surface area contributed by atoms with Crippen molar-refractivity contribution >= 4 is 35.1 Å². The number of carbonyl (C=O) groups is 1. The molecule has 0 fully saturated rings. The lowest BCUT2D eigenvalue weighted by Crippen LogP contribution is -1.95. The number of carbonyl (C=O) groups excluding carboxylic acids is 1. The molecule has 0 bridgehead atoms. The molecule has 0 atom stereocenters. The third-order valence-corrected chi connectivity index (χ3v) is 3.79. The van der Waals surface area contributed by atoms with Crippen molar-refractivity contribution in [2.75, 3.05) is 0 Å². The largest absolute Gasteiger partial charge is 0.289 e. The summed E-state index contributed by atoms with van der Waals surface area (Å²) in [6, 6.07) is 13.0. The van der Waals surface area contributed by atoms with E-state index in [0.717, 1.165) is 22.3 Å². The molecule has 2 aromatic rings. The molecule has 0 aliphatic heterocycles. The second-order valence-electron chi connectivity index (χ2n) is 4.50. The molecule has 0 radical (unpaired) electrons. The van der Waals surface area contributed by atoms with E-state index in [9.17, 15) is 4.79 Å². The van der Waals surface area contributed by atoms with Gasteiger partial charge in [0.2, 0.25) is 0 Å². The fourth-order valence-electron chi connectivity index (χ4n) is 2.28. The molecule has 19 heavy (non-hydrogen) atoms. The molecule has 94 valence electrons. The van der Waals surface area contributed by atoms with Crippen molar-refractivity contribution in [3.63, 3.8) is 0 Å². The Kier molecular flexibility index (Phi) is 3.17. The summed E-state index contributed by atoms with van der Waals surface area (Å²) in [7, 11) is 0. The van der Waals surface area contributed by atoms with E-state index in [1.165, 1.54) is 0 Å². The minimum atomic E-state index is 0.0848. The number of hydrogen-bond donors (Lipinski definition) is 0. The maximum absolute atomic E-state index is 12.2. The Labute approximate surface area is 121 Å². The number of benzene rings is 2. The molecular formula is C16H10Cl2O. The zero-order chi connectivity index (χ0) is 13.4. The fourth-order valence-corrected chi connectivity index (χ4v) is 2.74. The highest BCUT2D eigenvalue weighted by molar-refractivity contribution is 6.35. The van der Waals surface area contributed by atoms with Crippen LogP contribution in [0.25, 0.3) is 6.08 Å². The molecule has 1 aliphatic rings. The van der Waals surface area contributed by atoms with Crippen LogP contribution in [0.1, 0.15) is 21.5 Å². The molecule has 0 saturated heterocycles. The summed E-state index contributed by atoms with van der Waals surface area (Å²) in [4.78, 5) is 12.2. The van der Waals surface area contributed by atoms with E-state index in [1.54, 1.807) is 12.1 Å². The first-order valence-electron chi connectivity index (χ1n) is 5.93. The van der Waals surface area contributed by atoms with E-state index in [0.29, 0.717) is 16.5 Å². The standard InChI is InChI=1S/C16H10Cl2O/c17-13-6-5-11(15(18)9-13)8-12-7-10-3-1-2-4-14(10)16(12)19/h1-6,8-9H,7H2/b12-8+. The number of rotatable bonds is 1. The van der Waals surface area contributed by atoms with Crippen LogP contribution in [0.2, 0.25) is 10.0 Å². The van der Waals surface area contributed by atoms with Crippen LogP contribution in [0.4, 0.5) is 0 Å². The van der Waals surface area contributed by atoms with Crippen LogP contribution in [-0.2, 0) is 6.42 Å². The summed E-state index contributed by atoms with van der Waals surface area (Å²) in [5.74, 6) is 0.0848. The van der Waals surface area contributed by atoms with Crippen molar-refractivity contribution in [1.29, 1.82) is 0 Å². The van der Waals surface area contributed by atoms with Crippen LogP contribution in [0.5, 0.6) is 0 Å². The summed E-state index contributed by atoms with van der Waals surface area (Å²) in [5.41, 5.74) is 3.45. The Hall–Kier alpha value is -1.57. The van der Waals surface area contributed by atoms with Gasteiger partial charge in [-0.25, -0.2) is 0 Å². The molecule has 3 rings (SSSR count). The van der Waals surface area contributed by atoms with Gasteiger partial charge in [-0.05, 0) is 29.3 Å². The van der Waals surface area contributed by atoms with E-state index < -0.39 is 0 Å². The number of halogens is 2. The minimum Gasteiger partial charge on any atom is -0.289 e. The monoisotopic (exact) mass is 288 g/mol. The van der Waals surface area contributed by atoms with Gasteiger partial charge in [0.1, 0.15) is 0 Å². The number of allylic oxidation sites excluding steroid dienone is 1. The molecule has 0 amide bonds. The van der Waals surface area contributed by atoms with Gasteiger partial charge in [0.15, 0.2) is 5.78 Å². The lowest BCUT2D eigenvalue weighted by atomic mass is 10.1. The van der Waals surface area contributed by atoms with E-state index in [4.69, 9.17) is 23.2 Å². The molecule has 0 unspecified atom stereocenters. The Balaban J connectivity index is 2.01. The summed E-state index contributed by atoms with van der Waals surface area (Å²) >= 11 is 12.0. The highest BCUT2D eigenvalue weighted by Gasteiger charge is 2.24. The van der Waals surface area contributed by atoms with Gasteiger partial charge in [-0.2, -0.15) is 0 Å². The van der Waals surface area contributed by atoms with Crippen molar-refractivity contribution in [1.82, 2.24) is 0 Å². The summed E-state index contributed by atoms with van der Waals surface area (Å²) in [6.45, 7) is 0. The summed E-state index contributed by atoms with van der Waals surface area (Å²) in [5, 5.41) is 1.15. The van der Waals surface area contributed by atoms with Crippen LogP contribution >= 0.6 is 23.2 Å². The molecular weight excluding hydrogens is 279 g/mol. The molecule has 2 aromatic carbocycles. The smallest absolute Gasteiger partial charge is 0.189 e.